The molecule has 198 valence electrons. The molecule has 0 saturated carbocycles. The van der Waals surface area contributed by atoms with Gasteiger partial charge in [-0.1, -0.05) is 127 Å². The van der Waals surface area contributed by atoms with E-state index in [1.54, 1.807) is 0 Å². The second-order valence-corrected chi connectivity index (χ2v) is 10.2. The first kappa shape index (κ1) is 19.5. The molecule has 0 bridgehead atoms. The van der Waals surface area contributed by atoms with Crippen LogP contribution in [-0.2, 0) is 0 Å². The predicted octanol–water partition coefficient (Wildman–Crippen LogP) is 11.5. The molecule has 2 nitrogen and oxygen atoms in total. The van der Waals surface area contributed by atoms with E-state index in [4.69, 9.17) is 11.3 Å². The van der Waals surface area contributed by atoms with E-state index in [-0.39, 0.29) is 17.8 Å². The smallest absolute Gasteiger partial charge is 0.143 e. The Morgan fingerprint density at radius 1 is 0.500 bits per heavy atom. The maximum Gasteiger partial charge on any atom is 0.143 e. The molecule has 2 heteroatoms. The molecule has 7 aromatic carbocycles. The van der Waals surface area contributed by atoms with Gasteiger partial charge in [-0.05, 0) is 52.9 Å². The maximum absolute atomic E-state index is 9.08. The molecule has 0 aliphatic carbocycles. The van der Waals surface area contributed by atoms with Crippen molar-refractivity contribution in [3.63, 3.8) is 0 Å². The lowest BCUT2D eigenvalue weighted by Gasteiger charge is -2.30. The lowest BCUT2D eigenvalue weighted by Crippen LogP contribution is -2.12. The van der Waals surface area contributed by atoms with Crippen LogP contribution in [0.2, 0.25) is 0 Å². The van der Waals surface area contributed by atoms with Crippen LogP contribution in [0.15, 0.2) is 168 Å². The van der Waals surface area contributed by atoms with Gasteiger partial charge in [0.25, 0.3) is 0 Å². The van der Waals surface area contributed by atoms with Gasteiger partial charge in [0.05, 0.1) is 18.2 Å². The van der Waals surface area contributed by atoms with Gasteiger partial charge in [0.2, 0.25) is 0 Å². The van der Waals surface area contributed by atoms with Crippen LogP contribution in [0.4, 0.5) is 17.1 Å². The van der Waals surface area contributed by atoms with Crippen molar-refractivity contribution in [2.45, 2.75) is 0 Å². The molecular formula is C40H27NO. The summed E-state index contributed by atoms with van der Waals surface area (Å²) < 4.78 is 50.2. The predicted molar refractivity (Wildman–Crippen MR) is 177 cm³/mol. The summed E-state index contributed by atoms with van der Waals surface area (Å²) in [7, 11) is 0. The minimum Gasteiger partial charge on any atom is -0.455 e. The van der Waals surface area contributed by atoms with E-state index in [1.807, 2.05) is 108 Å². The van der Waals surface area contributed by atoms with Gasteiger partial charge in [-0.25, -0.2) is 0 Å². The van der Waals surface area contributed by atoms with E-state index in [2.05, 4.69) is 30.3 Å². The molecule has 0 atom stereocenters. The lowest BCUT2D eigenvalue weighted by atomic mass is 9.95. The van der Waals surface area contributed by atoms with E-state index in [1.165, 1.54) is 0 Å². The van der Waals surface area contributed by atoms with Crippen LogP contribution >= 0.6 is 0 Å². The van der Waals surface area contributed by atoms with Gasteiger partial charge in [0, 0.05) is 33.0 Å². The van der Waals surface area contributed by atoms with Crippen molar-refractivity contribution >= 4 is 49.8 Å². The summed E-state index contributed by atoms with van der Waals surface area (Å²) in [6, 6.07) is 42.0. The lowest BCUT2D eigenvalue weighted by molar-refractivity contribution is 0.673. The monoisotopic (exact) mass is 542 g/mol. The molecule has 8 aromatic rings. The van der Waals surface area contributed by atoms with Crippen molar-refractivity contribution in [3.8, 4) is 22.3 Å². The van der Waals surface area contributed by atoms with Gasteiger partial charge in [-0.2, -0.15) is 0 Å². The molecule has 0 amide bonds. The van der Waals surface area contributed by atoms with Gasteiger partial charge < -0.3 is 9.32 Å². The SMILES string of the molecule is [2H]c1c([2H])c([2H])c(N(c2ccccc2-c2ccccc2)c2ccccc2-c2cccc3oc4c5ccccc5ccc4c23)c([2H])c1[2H]. The zero-order chi connectivity index (χ0) is 32.2. The standard InChI is InChI=1S/C40H27NO/c1-3-14-28(15-4-1)31-19-9-11-23-36(31)41(30-17-5-2-6-18-30)37-24-12-10-21-33(37)34-22-13-25-38-39(34)35-27-26-29-16-7-8-20-32(29)40(35)42-38/h1-27H/i2D,5D,6D,17D,18D. The third kappa shape index (κ3) is 3.96. The van der Waals surface area contributed by atoms with Crippen molar-refractivity contribution in [3.05, 3.63) is 164 Å². The van der Waals surface area contributed by atoms with Crippen molar-refractivity contribution in [2.24, 2.45) is 0 Å². The molecule has 0 saturated heterocycles. The van der Waals surface area contributed by atoms with E-state index in [0.717, 1.165) is 55.0 Å². The minimum absolute atomic E-state index is 0.0713. The number of fused-ring (bicyclic) bond motifs is 5. The first-order valence-corrected chi connectivity index (χ1v) is 13.9. The number of furan rings is 1. The molecule has 42 heavy (non-hydrogen) atoms. The highest BCUT2D eigenvalue weighted by Gasteiger charge is 2.22. The fraction of sp³-hybridized carbons (Fsp3) is 0. The van der Waals surface area contributed by atoms with Crippen LogP contribution in [-0.4, -0.2) is 0 Å². The number of benzene rings is 7. The molecule has 0 spiro atoms. The summed E-state index contributed by atoms with van der Waals surface area (Å²) in [5.41, 5.74) is 6.48. The highest BCUT2D eigenvalue weighted by molar-refractivity contribution is 6.19. The average molecular weight is 543 g/mol. The number of rotatable bonds is 5. The first-order chi connectivity index (χ1) is 22.9. The third-order valence-electron chi connectivity index (χ3n) is 7.76. The number of anilines is 3. The van der Waals surface area contributed by atoms with Crippen LogP contribution in [0.25, 0.3) is 55.0 Å². The summed E-state index contributed by atoms with van der Waals surface area (Å²) in [5, 5.41) is 4.03. The Labute approximate surface area is 251 Å². The van der Waals surface area contributed by atoms with Gasteiger partial charge in [-0.15, -0.1) is 0 Å². The van der Waals surface area contributed by atoms with Crippen LogP contribution in [0.5, 0.6) is 0 Å². The van der Waals surface area contributed by atoms with Crippen molar-refractivity contribution in [1.29, 1.82) is 0 Å². The second-order valence-electron chi connectivity index (χ2n) is 10.2. The van der Waals surface area contributed by atoms with Crippen molar-refractivity contribution in [2.75, 3.05) is 4.90 Å². The molecule has 8 rings (SSSR count). The van der Waals surface area contributed by atoms with Gasteiger partial charge in [0.15, 0.2) is 0 Å². The Hall–Kier alpha value is -5.60. The van der Waals surface area contributed by atoms with E-state index in [0.29, 0.717) is 11.4 Å². The molecule has 0 N–H and O–H groups in total. The Bertz CT molecular complexity index is 2460. The molecule has 0 radical (unpaired) electrons. The maximum atomic E-state index is 9.08. The summed E-state index contributed by atoms with van der Waals surface area (Å²) in [5.74, 6) is 0. The Kier molecular flexibility index (Phi) is 4.68. The Balaban J connectivity index is 1.47. The molecule has 1 aromatic heterocycles. The molecule has 0 unspecified atom stereocenters. The zero-order valence-corrected chi connectivity index (χ0v) is 22.6. The molecule has 1 heterocycles. The molecule has 0 aliphatic rings. The number of nitrogens with zero attached hydrogens (tertiary/aromatic N) is 1. The van der Waals surface area contributed by atoms with E-state index in [9.17, 15) is 0 Å². The topological polar surface area (TPSA) is 16.4 Å². The zero-order valence-electron chi connectivity index (χ0n) is 27.6. The molecule has 0 fully saturated rings. The van der Waals surface area contributed by atoms with Crippen molar-refractivity contribution < 1.29 is 11.3 Å². The summed E-state index contributed by atoms with van der Waals surface area (Å²) in [6.45, 7) is 0. The van der Waals surface area contributed by atoms with Crippen LogP contribution in [0.3, 0.4) is 0 Å². The van der Waals surface area contributed by atoms with Crippen LogP contribution in [0.1, 0.15) is 6.85 Å². The van der Waals surface area contributed by atoms with Crippen molar-refractivity contribution in [1.82, 2.24) is 0 Å². The van der Waals surface area contributed by atoms with Gasteiger partial charge in [-0.3, -0.25) is 0 Å². The third-order valence-corrected chi connectivity index (χ3v) is 7.76. The first-order valence-electron chi connectivity index (χ1n) is 16.4. The summed E-state index contributed by atoms with van der Waals surface area (Å²) in [4.78, 5) is 1.81. The molecule has 0 aliphatic heterocycles. The van der Waals surface area contributed by atoms with Crippen LogP contribution < -0.4 is 4.90 Å². The highest BCUT2D eigenvalue weighted by Crippen LogP contribution is 2.47. The van der Waals surface area contributed by atoms with E-state index >= 15 is 0 Å². The van der Waals surface area contributed by atoms with Crippen LogP contribution in [0, 0.1) is 0 Å². The normalized spacial score (nSPS) is 13.0. The average Bonchev–Trinajstić information content (AvgIpc) is 3.52. The van der Waals surface area contributed by atoms with Gasteiger partial charge >= 0.3 is 0 Å². The highest BCUT2D eigenvalue weighted by atomic mass is 16.3. The Morgan fingerprint density at radius 3 is 2.00 bits per heavy atom. The van der Waals surface area contributed by atoms with Gasteiger partial charge in [0.1, 0.15) is 11.2 Å². The fourth-order valence-electron chi connectivity index (χ4n) is 5.93. The molecular weight excluding hydrogens is 510 g/mol. The summed E-state index contributed by atoms with van der Waals surface area (Å²) in [6.07, 6.45) is 0. The fourth-order valence-corrected chi connectivity index (χ4v) is 5.93. The number of hydrogen-bond acceptors (Lipinski definition) is 2. The minimum atomic E-state index is -0.435. The quantitative estimate of drug-likeness (QED) is 0.215. The Morgan fingerprint density at radius 2 is 1.17 bits per heavy atom. The summed E-state index contributed by atoms with van der Waals surface area (Å²) >= 11 is 0. The van der Waals surface area contributed by atoms with E-state index < -0.39 is 18.1 Å². The second kappa shape index (κ2) is 10.1. The largest absolute Gasteiger partial charge is 0.455 e. The number of hydrogen-bond donors (Lipinski definition) is 0. The number of para-hydroxylation sites is 3.